The number of rotatable bonds is 33. The summed E-state index contributed by atoms with van der Waals surface area (Å²) < 4.78 is 40.0. The number of anilines is 2. The molecule has 774 valence electrons. The molecule has 0 radical (unpaired) electrons. The highest BCUT2D eigenvalue weighted by Gasteiger charge is 2.32. The number of aliphatic hydroxyl groups is 3. The molecule has 11 rings (SSSR count). The highest BCUT2D eigenvalue weighted by atomic mass is 32.2. The fourth-order valence-electron chi connectivity index (χ4n) is 17.1. The number of nitrogens with zero attached hydrogens (tertiary/aromatic N) is 11. The molecule has 37 heteroatoms. The van der Waals surface area contributed by atoms with Gasteiger partial charge in [-0.1, -0.05) is 59.0 Å². The number of nitrogens with two attached hydrogens (primary N) is 2. The molecule has 2 aromatic rings. The van der Waals surface area contributed by atoms with Crippen LogP contribution < -0.4 is 36.6 Å². The number of aliphatic hydroxyl groups excluding tert-OH is 3. The predicted molar refractivity (Wildman–Crippen MR) is 538 cm³/mol. The van der Waals surface area contributed by atoms with Crippen LogP contribution in [0, 0.1) is 11.8 Å². The topological polar surface area (TPSA) is 362 Å². The highest BCUT2D eigenvalue weighted by molar-refractivity contribution is 7.94. The Bertz CT molecular complexity index is 3000. The van der Waals surface area contributed by atoms with Gasteiger partial charge in [0.15, 0.2) is 0 Å². The maximum Gasteiger partial charge on any atom is 0.325 e. The van der Waals surface area contributed by atoms with Crippen LogP contribution in [0.4, 0.5) is 11.4 Å². The molecular formula is C95H189N15O19S3+2. The van der Waals surface area contributed by atoms with Crippen molar-refractivity contribution >= 4 is 59.4 Å². The summed E-state index contributed by atoms with van der Waals surface area (Å²) >= 11 is 2.93. The van der Waals surface area contributed by atoms with Gasteiger partial charge in [-0.3, -0.25) is 19.4 Å². The zero-order chi connectivity index (χ0) is 98.3. The number of likely N-dealkylation sites (tertiary alicyclic amines) is 5. The minimum atomic E-state index is -0.686. The standard InChI is InChI=1S/C14H21NO3.C12H18N2.2C11H22N2.2C9H21N2.C8H17NO3S.C8H17NO3.C7H15NO5S.C6H15NO5S/c1-14(2,3)18-13(16)12(15)9-10-5-7-11(17-4)8-6-10;1-13(2)11-7-4-8-12-10(11)6-5-9-14(12)3;1-13-8-4-11(5-9-13)10-2-6-12-7-3-10;1-12-9-5-11(6-10-12)13-7-3-2-4-8-13;2*1-10-7-5-9(6-8-10)11(2,3)4;10-11-12-13-7-6-9-8-4-2-1-3-5-8;1-8(2,3)12-7(10)6(9)5-11-4;9-7(6-14-13-12-10)5-8-1-3-11-4-2-8;8-4-1-7(2-5-9)3-6-13-12-11-10/h5-8,12H,9,15H2,1-4H3;4,7-8H,5-6,9H2,1-3H3;10-12H,2-9H2,1H3;11H,2-10H2,1H3;2*9H,5-8H2,1-4H3;8-10H,1-7H2;6H,5,9H2,1-4H3;7,9-10H,1-6H2;8-10H,1-6H2/q;;;;2*+1;;;;. The van der Waals surface area contributed by atoms with Gasteiger partial charge in [0.25, 0.3) is 0 Å². The number of benzene rings is 2. The maximum atomic E-state index is 11.7. The molecule has 1 saturated carbocycles. The van der Waals surface area contributed by atoms with Gasteiger partial charge in [0.1, 0.15) is 29.0 Å². The van der Waals surface area contributed by atoms with Crippen molar-refractivity contribution in [2.24, 2.45) is 23.3 Å². The second-order valence-corrected chi connectivity index (χ2v) is 42.4. The summed E-state index contributed by atoms with van der Waals surface area (Å²) in [4.78, 5) is 43.9. The van der Waals surface area contributed by atoms with Gasteiger partial charge in [0.2, 0.25) is 0 Å². The van der Waals surface area contributed by atoms with Gasteiger partial charge >= 0.3 is 11.9 Å². The third-order valence-corrected chi connectivity index (χ3v) is 26.6. The monoisotopic (exact) mass is 1940 g/mol. The lowest BCUT2D eigenvalue weighted by Crippen LogP contribution is -2.50. The molecule has 8 fully saturated rings. The van der Waals surface area contributed by atoms with Crippen LogP contribution in [0.2, 0.25) is 0 Å². The fraction of sp³-hybridized carbons (Fsp3) is 0.853. The van der Waals surface area contributed by atoms with Crippen molar-refractivity contribution in [3.8, 4) is 5.75 Å². The summed E-state index contributed by atoms with van der Waals surface area (Å²) in [7, 11) is 32.2. The van der Waals surface area contributed by atoms with Gasteiger partial charge in [-0.2, -0.15) is 0 Å². The first kappa shape index (κ1) is 125. The smallest absolute Gasteiger partial charge is 0.325 e. The van der Waals surface area contributed by atoms with Gasteiger partial charge < -0.3 is 104 Å². The molecule has 1 aliphatic carbocycles. The van der Waals surface area contributed by atoms with E-state index in [9.17, 15) is 14.7 Å². The normalized spacial score (nSPS) is 19.6. The molecule has 0 aromatic heterocycles. The van der Waals surface area contributed by atoms with Crippen LogP contribution in [0.5, 0.6) is 5.75 Å². The van der Waals surface area contributed by atoms with Gasteiger partial charge in [0, 0.05) is 204 Å². The van der Waals surface area contributed by atoms with Gasteiger partial charge in [-0.15, -0.1) is 13.0 Å². The lowest BCUT2D eigenvalue weighted by Gasteiger charge is -2.39. The van der Waals surface area contributed by atoms with Crippen molar-refractivity contribution in [1.29, 1.82) is 0 Å². The number of ether oxygens (including phenoxy) is 5. The third kappa shape index (κ3) is 60.7. The number of morpholine rings is 1. The van der Waals surface area contributed by atoms with E-state index in [0.717, 1.165) is 125 Å². The van der Waals surface area contributed by atoms with Crippen LogP contribution in [0.15, 0.2) is 42.5 Å². The molecule has 0 spiro atoms. The van der Waals surface area contributed by atoms with Gasteiger partial charge in [0.05, 0.1) is 106 Å². The molecule has 9 aliphatic rings. The lowest BCUT2D eigenvalue weighted by molar-refractivity contribution is -0.897. The Balaban J connectivity index is 0.000000498. The summed E-state index contributed by atoms with van der Waals surface area (Å²) in [5.41, 5.74) is 15.5. The number of quaternary nitrogens is 2. The number of esters is 2. The minimum Gasteiger partial charge on any atom is -0.497 e. The number of fused-ring (bicyclic) bond motifs is 1. The molecular weight excluding hydrogens is 1750 g/mol. The van der Waals surface area contributed by atoms with Crippen LogP contribution in [0.3, 0.4) is 0 Å². The summed E-state index contributed by atoms with van der Waals surface area (Å²) in [6.07, 6.45) is 27.4. The summed E-state index contributed by atoms with van der Waals surface area (Å²) in [5, 5.41) is 67.4. The van der Waals surface area contributed by atoms with Crippen LogP contribution in [-0.4, -0.2) is 427 Å². The summed E-state index contributed by atoms with van der Waals surface area (Å²) in [5.74, 6) is 3.79. The number of methoxy groups -OCH3 is 2. The molecule has 12 N–H and O–H groups in total. The first-order valence-electron chi connectivity index (χ1n) is 48.6. The number of piperidine rings is 6. The van der Waals surface area contributed by atoms with Crippen molar-refractivity contribution in [3.05, 3.63) is 53.6 Å². The largest absolute Gasteiger partial charge is 0.497 e. The average molecular weight is 1940 g/mol. The molecule has 2 aromatic carbocycles. The van der Waals surface area contributed by atoms with E-state index in [4.69, 9.17) is 61.1 Å². The lowest BCUT2D eigenvalue weighted by atomic mass is 9.79. The number of carbonyl (C=O) groups is 2. The Morgan fingerprint density at radius 1 is 0.568 bits per heavy atom. The Kier molecular flexibility index (Phi) is 69.0. The fourth-order valence-corrected chi connectivity index (χ4v) is 18.2. The van der Waals surface area contributed by atoms with Gasteiger partial charge in [-0.25, -0.2) is 15.8 Å². The van der Waals surface area contributed by atoms with Crippen molar-refractivity contribution < 1.29 is 101 Å². The SMILES string of the molecule is CN(C)c1cccc2c1CCCN2C.CN1CCC(C2CCNCC2)CC1.CN1CCC(N2CCCCC2)CC1.CN1CCC([N+](C)(C)C)CC1.CN1CCC([N+](C)(C)C)CC1.COCC(N)C(=O)OC(C)(C)C.COc1ccc(CC(N)C(=O)OC(C)(C)C)cc1.OCCN(CCO)CCSOOO.OOOSCC(O)CN1CCOCC1.OOOSCCNC1CCCCC1. The van der Waals surface area contributed by atoms with E-state index in [1.54, 1.807) is 27.9 Å². The minimum absolute atomic E-state index is 0.0576. The molecule has 34 nitrogen and oxygen atoms in total. The van der Waals surface area contributed by atoms with E-state index in [2.05, 4.69) is 188 Å². The Morgan fingerprint density at radius 3 is 1.51 bits per heavy atom. The van der Waals surface area contributed by atoms with E-state index in [-0.39, 0.29) is 25.8 Å². The van der Waals surface area contributed by atoms with Crippen LogP contribution >= 0.6 is 36.1 Å². The molecule has 7 saturated heterocycles. The van der Waals surface area contributed by atoms with E-state index < -0.39 is 35.4 Å². The number of nitrogens with one attached hydrogen (secondary N) is 2. The number of carbonyl (C=O) groups excluding carboxylic acids is 2. The second kappa shape index (κ2) is 72.9. The zero-order valence-electron chi connectivity index (χ0n) is 85.7. The summed E-state index contributed by atoms with van der Waals surface area (Å²) in [6.45, 7) is 34.3. The van der Waals surface area contributed by atoms with Crippen LogP contribution in [0.25, 0.3) is 0 Å². The van der Waals surface area contributed by atoms with E-state index in [1.165, 1.54) is 238 Å². The van der Waals surface area contributed by atoms with E-state index >= 15 is 0 Å². The predicted octanol–water partition coefficient (Wildman–Crippen LogP) is 9.88. The van der Waals surface area contributed by atoms with Crippen molar-refractivity contribution in [2.45, 2.75) is 230 Å². The third-order valence-electron chi connectivity index (χ3n) is 24.9. The van der Waals surface area contributed by atoms with Gasteiger partial charge in [-0.05, 0) is 253 Å². The Morgan fingerprint density at radius 2 is 1.04 bits per heavy atom. The first-order chi connectivity index (χ1) is 62.7. The van der Waals surface area contributed by atoms with Crippen molar-refractivity contribution in [2.75, 3.05) is 297 Å². The molecule has 3 unspecified atom stereocenters. The number of hydrogen-bond donors (Lipinski definition) is 10. The summed E-state index contributed by atoms with van der Waals surface area (Å²) in [6, 6.07) is 16.1. The van der Waals surface area contributed by atoms with Crippen molar-refractivity contribution in [1.82, 2.24) is 44.9 Å². The van der Waals surface area contributed by atoms with Crippen molar-refractivity contribution in [3.63, 3.8) is 0 Å². The maximum absolute atomic E-state index is 11.7. The molecule has 3 atom stereocenters. The molecule has 8 aliphatic heterocycles. The van der Waals surface area contributed by atoms with E-state index in [0.29, 0.717) is 50.1 Å². The zero-order valence-corrected chi connectivity index (χ0v) is 88.1. The number of β-amino-alcohol motifs (C(OH)–C–C–N with tert-alkyl or cyclic N) is 1. The molecule has 8 heterocycles. The Labute approximate surface area is 810 Å². The van der Waals surface area contributed by atoms with Crippen LogP contribution in [0.1, 0.15) is 175 Å². The first-order valence-corrected chi connectivity index (χ1v) is 51.3. The van der Waals surface area contributed by atoms with Crippen LogP contribution in [-0.2, 0) is 69.5 Å². The highest BCUT2D eigenvalue weighted by Crippen LogP contribution is 2.34. The Hall–Kier alpha value is -3.25. The molecule has 132 heavy (non-hydrogen) atoms. The van der Waals surface area contributed by atoms with E-state index in [1.807, 2.05) is 49.9 Å². The molecule has 0 bridgehead atoms. The quantitative estimate of drug-likeness (QED) is 0.00793. The second-order valence-electron chi connectivity index (χ2n) is 40.1. The number of hydrogen-bond acceptors (Lipinski definition) is 35. The average Bonchev–Trinajstić information content (AvgIpc) is 0.804. The molecule has 0 amide bonds.